The lowest BCUT2D eigenvalue weighted by Gasteiger charge is -2.40. The van der Waals surface area contributed by atoms with Gasteiger partial charge >= 0.3 is 6.09 Å². The first-order valence-electron chi connectivity index (χ1n) is 6.87. The molecule has 1 amide bonds. The molecule has 1 aromatic heterocycles. The van der Waals surface area contributed by atoms with E-state index in [9.17, 15) is 4.79 Å². The van der Waals surface area contributed by atoms with E-state index in [2.05, 4.69) is 14.9 Å². The quantitative estimate of drug-likeness (QED) is 0.785. The fourth-order valence-electron chi connectivity index (χ4n) is 2.21. The van der Waals surface area contributed by atoms with Gasteiger partial charge < -0.3 is 14.5 Å². The largest absolute Gasteiger partial charge is 0.444 e. The van der Waals surface area contributed by atoms with Crippen LogP contribution in [0.2, 0.25) is 0 Å². The lowest BCUT2D eigenvalue weighted by molar-refractivity contribution is 0.0158. The highest BCUT2D eigenvalue weighted by Crippen LogP contribution is 2.18. The van der Waals surface area contributed by atoms with Crippen LogP contribution in [0.5, 0.6) is 0 Å². The number of piperazine rings is 1. The molecule has 0 unspecified atom stereocenters. The highest BCUT2D eigenvalue weighted by Gasteiger charge is 2.31. The third-order valence-corrected chi connectivity index (χ3v) is 3.13. The molecule has 1 atom stereocenters. The predicted molar refractivity (Wildman–Crippen MR) is 76.6 cm³/mol. The molecule has 110 valence electrons. The van der Waals surface area contributed by atoms with Crippen LogP contribution in [0, 0.1) is 0 Å². The summed E-state index contributed by atoms with van der Waals surface area (Å²) in [6.45, 7) is 9.77. The molecule has 0 spiro atoms. The minimum atomic E-state index is -0.459. The molecule has 0 saturated carbocycles. The van der Waals surface area contributed by atoms with Crippen molar-refractivity contribution in [3.63, 3.8) is 0 Å². The maximum absolute atomic E-state index is 12.1. The van der Waals surface area contributed by atoms with Crippen LogP contribution >= 0.6 is 0 Å². The molecule has 2 rings (SSSR count). The van der Waals surface area contributed by atoms with Gasteiger partial charge in [-0.05, 0) is 27.7 Å². The van der Waals surface area contributed by atoms with Crippen LogP contribution < -0.4 is 4.90 Å². The summed E-state index contributed by atoms with van der Waals surface area (Å²) >= 11 is 0. The summed E-state index contributed by atoms with van der Waals surface area (Å²) < 4.78 is 5.43. The first-order valence-corrected chi connectivity index (χ1v) is 6.87. The Hall–Kier alpha value is -1.85. The molecule has 1 aliphatic heterocycles. The van der Waals surface area contributed by atoms with E-state index in [1.807, 2.05) is 27.7 Å². The Morgan fingerprint density at radius 2 is 2.10 bits per heavy atom. The maximum atomic E-state index is 12.1. The Bertz CT molecular complexity index is 458. The smallest absolute Gasteiger partial charge is 0.410 e. The minimum absolute atomic E-state index is 0.0839. The van der Waals surface area contributed by atoms with Crippen LogP contribution in [-0.2, 0) is 4.74 Å². The molecular formula is C14H22N4O2. The van der Waals surface area contributed by atoms with Crippen LogP contribution in [0.25, 0.3) is 0 Å². The van der Waals surface area contributed by atoms with Crippen molar-refractivity contribution in [1.29, 1.82) is 0 Å². The molecule has 0 aromatic carbocycles. The highest BCUT2D eigenvalue weighted by atomic mass is 16.6. The van der Waals surface area contributed by atoms with Crippen LogP contribution in [0.4, 0.5) is 10.6 Å². The molecule has 0 aliphatic carbocycles. The van der Waals surface area contributed by atoms with Gasteiger partial charge in [-0.25, -0.2) is 9.78 Å². The highest BCUT2D eigenvalue weighted by molar-refractivity contribution is 5.69. The molecule has 0 N–H and O–H groups in total. The van der Waals surface area contributed by atoms with Gasteiger partial charge in [-0.3, -0.25) is 4.98 Å². The maximum Gasteiger partial charge on any atom is 0.410 e. The van der Waals surface area contributed by atoms with Crippen molar-refractivity contribution >= 4 is 11.9 Å². The first kappa shape index (κ1) is 14.6. The van der Waals surface area contributed by atoms with Crippen molar-refractivity contribution in [3.05, 3.63) is 18.6 Å². The van der Waals surface area contributed by atoms with Gasteiger partial charge in [0.05, 0.1) is 6.20 Å². The summed E-state index contributed by atoms with van der Waals surface area (Å²) in [5.41, 5.74) is -0.459. The van der Waals surface area contributed by atoms with Gasteiger partial charge in [0.15, 0.2) is 0 Å². The Labute approximate surface area is 119 Å². The van der Waals surface area contributed by atoms with Crippen molar-refractivity contribution in [2.24, 2.45) is 0 Å². The summed E-state index contributed by atoms with van der Waals surface area (Å²) in [7, 11) is 0. The van der Waals surface area contributed by atoms with Gasteiger partial charge in [0, 0.05) is 38.1 Å². The lowest BCUT2D eigenvalue weighted by Crippen LogP contribution is -2.55. The Morgan fingerprint density at radius 1 is 1.35 bits per heavy atom. The van der Waals surface area contributed by atoms with Crippen molar-refractivity contribution in [2.45, 2.75) is 39.3 Å². The number of anilines is 1. The summed E-state index contributed by atoms with van der Waals surface area (Å²) in [6.07, 6.45) is 4.84. The molecular weight excluding hydrogens is 256 g/mol. The number of rotatable bonds is 1. The van der Waals surface area contributed by atoms with Crippen molar-refractivity contribution < 1.29 is 9.53 Å². The standard InChI is InChI=1S/C14H22N4O2/c1-11-10-17(12-9-15-5-6-16-12)7-8-18(11)13(19)20-14(2,3)4/h5-6,9,11H,7-8,10H2,1-4H3/t11-/m1/s1. The van der Waals surface area contributed by atoms with Crippen molar-refractivity contribution in [1.82, 2.24) is 14.9 Å². The Kier molecular flexibility index (Phi) is 4.11. The van der Waals surface area contributed by atoms with Gasteiger partial charge in [0.2, 0.25) is 0 Å². The van der Waals surface area contributed by atoms with Gasteiger partial charge in [-0.1, -0.05) is 0 Å². The molecule has 1 saturated heterocycles. The monoisotopic (exact) mass is 278 g/mol. The van der Waals surface area contributed by atoms with E-state index in [1.165, 1.54) is 0 Å². The van der Waals surface area contributed by atoms with Gasteiger partial charge in [-0.2, -0.15) is 0 Å². The third-order valence-electron chi connectivity index (χ3n) is 3.13. The number of hydrogen-bond acceptors (Lipinski definition) is 5. The average molecular weight is 278 g/mol. The van der Waals surface area contributed by atoms with Crippen molar-refractivity contribution in [2.75, 3.05) is 24.5 Å². The number of hydrogen-bond donors (Lipinski definition) is 0. The minimum Gasteiger partial charge on any atom is -0.444 e. The fraction of sp³-hybridized carbons (Fsp3) is 0.643. The summed E-state index contributed by atoms with van der Waals surface area (Å²) in [5.74, 6) is 0.850. The zero-order chi connectivity index (χ0) is 14.8. The molecule has 20 heavy (non-hydrogen) atoms. The Balaban J connectivity index is 1.98. The molecule has 0 bridgehead atoms. The van der Waals surface area contributed by atoms with Crippen LogP contribution in [-0.4, -0.2) is 52.2 Å². The van der Waals surface area contributed by atoms with Crippen LogP contribution in [0.15, 0.2) is 18.6 Å². The SMILES string of the molecule is C[C@@H]1CN(c2cnccn2)CCN1C(=O)OC(C)(C)C. The van der Waals surface area contributed by atoms with E-state index in [0.29, 0.717) is 6.54 Å². The van der Waals surface area contributed by atoms with Gasteiger partial charge in [0.1, 0.15) is 11.4 Å². The molecule has 1 fully saturated rings. The molecule has 6 heteroatoms. The topological polar surface area (TPSA) is 58.6 Å². The zero-order valence-electron chi connectivity index (χ0n) is 12.5. The van der Waals surface area contributed by atoms with Crippen molar-refractivity contribution in [3.8, 4) is 0 Å². The van der Waals surface area contributed by atoms with Crippen LogP contribution in [0.1, 0.15) is 27.7 Å². The number of amides is 1. The van der Waals surface area contributed by atoms with Gasteiger partial charge in [-0.15, -0.1) is 0 Å². The van der Waals surface area contributed by atoms with E-state index >= 15 is 0 Å². The number of aromatic nitrogens is 2. The fourth-order valence-corrected chi connectivity index (χ4v) is 2.21. The molecule has 6 nitrogen and oxygen atoms in total. The second-order valence-corrected chi connectivity index (χ2v) is 6.03. The second-order valence-electron chi connectivity index (χ2n) is 6.03. The molecule has 0 radical (unpaired) electrons. The van der Waals surface area contributed by atoms with E-state index in [1.54, 1.807) is 23.5 Å². The zero-order valence-corrected chi connectivity index (χ0v) is 12.5. The average Bonchev–Trinajstić information content (AvgIpc) is 2.37. The number of carbonyl (C=O) groups excluding carboxylic acids is 1. The summed E-state index contributed by atoms with van der Waals surface area (Å²) in [6, 6.07) is 0.0839. The second kappa shape index (κ2) is 5.64. The predicted octanol–water partition coefficient (Wildman–Crippen LogP) is 1.92. The molecule has 1 aromatic rings. The normalized spacial score (nSPS) is 19.9. The lowest BCUT2D eigenvalue weighted by atomic mass is 10.2. The Morgan fingerprint density at radius 3 is 2.65 bits per heavy atom. The number of ether oxygens (including phenoxy) is 1. The van der Waals surface area contributed by atoms with E-state index in [-0.39, 0.29) is 12.1 Å². The third kappa shape index (κ3) is 3.59. The van der Waals surface area contributed by atoms with Crippen LogP contribution in [0.3, 0.4) is 0 Å². The summed E-state index contributed by atoms with van der Waals surface area (Å²) in [4.78, 5) is 24.4. The molecule has 2 heterocycles. The molecule has 1 aliphatic rings. The first-order chi connectivity index (χ1) is 9.37. The van der Waals surface area contributed by atoms with E-state index in [4.69, 9.17) is 4.74 Å². The van der Waals surface area contributed by atoms with E-state index < -0.39 is 5.60 Å². The van der Waals surface area contributed by atoms with Gasteiger partial charge in [0.25, 0.3) is 0 Å². The van der Waals surface area contributed by atoms with E-state index in [0.717, 1.165) is 18.9 Å². The summed E-state index contributed by atoms with van der Waals surface area (Å²) in [5, 5.41) is 0. The number of carbonyl (C=O) groups is 1. The number of nitrogens with zero attached hydrogens (tertiary/aromatic N) is 4.